The third-order valence-corrected chi connectivity index (χ3v) is 2.37. The van der Waals surface area contributed by atoms with Crippen LogP contribution in [0.3, 0.4) is 0 Å². The third-order valence-electron chi connectivity index (χ3n) is 2.37. The molecule has 2 rings (SSSR count). The van der Waals surface area contributed by atoms with Crippen molar-refractivity contribution in [3.05, 3.63) is 41.2 Å². The van der Waals surface area contributed by atoms with Gasteiger partial charge in [-0.25, -0.2) is 4.98 Å². The number of nitrogens with zero attached hydrogens (tertiary/aromatic N) is 1. The Morgan fingerprint density at radius 3 is 2.40 bits per heavy atom. The molecule has 0 spiro atoms. The first-order valence-electron chi connectivity index (χ1n) is 4.79. The summed E-state index contributed by atoms with van der Waals surface area (Å²) in [5.74, 6) is 0.745. The molecule has 0 saturated carbocycles. The largest absolute Gasteiger partial charge is 0.336 e. The molecule has 3 nitrogen and oxygen atoms in total. The molecule has 1 heterocycles. The summed E-state index contributed by atoms with van der Waals surface area (Å²) in [5.41, 5.74) is 3.49. The Kier molecular flexibility index (Phi) is 2.37. The Balaban J connectivity index is 2.45. The van der Waals surface area contributed by atoms with Crippen molar-refractivity contribution in [2.24, 2.45) is 0 Å². The maximum absolute atomic E-state index is 10.7. The van der Waals surface area contributed by atoms with Crippen LogP contribution in [0.1, 0.15) is 21.7 Å². The van der Waals surface area contributed by atoms with Crippen molar-refractivity contribution in [3.63, 3.8) is 0 Å². The maximum atomic E-state index is 10.7. The zero-order valence-corrected chi connectivity index (χ0v) is 8.74. The molecule has 0 amide bonds. The number of imidazole rings is 1. The summed E-state index contributed by atoms with van der Waals surface area (Å²) in [5, 5.41) is 0. The summed E-state index contributed by atoms with van der Waals surface area (Å²) in [6.45, 7) is 3.85. The predicted octanol–water partition coefficient (Wildman–Crippen LogP) is 2.51. The normalized spacial score (nSPS) is 10.3. The van der Waals surface area contributed by atoms with Gasteiger partial charge in [0.1, 0.15) is 11.5 Å². The standard InChI is InChI=1S/C12H12N2O/c1-8-3-5-10(6-4-8)12-13-9(2)11(7-15)14-12/h3-7H,1-2H3,(H,13,14). The number of hydrogen-bond donors (Lipinski definition) is 1. The number of H-pyrrole nitrogens is 1. The van der Waals surface area contributed by atoms with E-state index in [1.807, 2.05) is 38.1 Å². The minimum Gasteiger partial charge on any atom is -0.336 e. The molecule has 76 valence electrons. The van der Waals surface area contributed by atoms with E-state index in [0.717, 1.165) is 23.4 Å². The Bertz CT molecular complexity index is 483. The highest BCUT2D eigenvalue weighted by Gasteiger charge is 2.06. The molecule has 0 bridgehead atoms. The zero-order chi connectivity index (χ0) is 10.8. The van der Waals surface area contributed by atoms with E-state index in [9.17, 15) is 4.79 Å². The quantitative estimate of drug-likeness (QED) is 0.757. The minimum atomic E-state index is 0.547. The van der Waals surface area contributed by atoms with Crippen LogP contribution < -0.4 is 0 Å². The molecule has 1 N–H and O–H groups in total. The lowest BCUT2D eigenvalue weighted by Gasteiger charge is -1.96. The molecule has 2 aromatic rings. The molecule has 1 aromatic heterocycles. The second-order valence-corrected chi connectivity index (χ2v) is 3.57. The van der Waals surface area contributed by atoms with Gasteiger partial charge in [-0.3, -0.25) is 4.79 Å². The van der Waals surface area contributed by atoms with Crippen LogP contribution in [-0.4, -0.2) is 16.3 Å². The van der Waals surface area contributed by atoms with Crippen LogP contribution in [-0.2, 0) is 0 Å². The van der Waals surface area contributed by atoms with Gasteiger partial charge in [0.05, 0.1) is 5.69 Å². The summed E-state index contributed by atoms with van der Waals surface area (Å²) < 4.78 is 0. The van der Waals surface area contributed by atoms with Crippen LogP contribution >= 0.6 is 0 Å². The van der Waals surface area contributed by atoms with E-state index >= 15 is 0 Å². The van der Waals surface area contributed by atoms with E-state index in [4.69, 9.17) is 0 Å². The van der Waals surface area contributed by atoms with Gasteiger partial charge in [0.25, 0.3) is 0 Å². The minimum absolute atomic E-state index is 0.547. The number of carbonyl (C=O) groups is 1. The lowest BCUT2D eigenvalue weighted by molar-refractivity contribution is 0.111. The molecule has 0 atom stereocenters. The summed E-state index contributed by atoms with van der Waals surface area (Å²) in [4.78, 5) is 17.9. The van der Waals surface area contributed by atoms with Gasteiger partial charge in [-0.05, 0) is 13.8 Å². The van der Waals surface area contributed by atoms with Crippen molar-refractivity contribution >= 4 is 6.29 Å². The molecule has 3 heteroatoms. The van der Waals surface area contributed by atoms with Crippen LogP contribution in [0.25, 0.3) is 11.4 Å². The molecule has 15 heavy (non-hydrogen) atoms. The fourth-order valence-electron chi connectivity index (χ4n) is 1.44. The van der Waals surface area contributed by atoms with E-state index in [1.165, 1.54) is 5.56 Å². The number of hydrogen-bond acceptors (Lipinski definition) is 2. The van der Waals surface area contributed by atoms with E-state index < -0.39 is 0 Å². The van der Waals surface area contributed by atoms with Gasteiger partial charge in [0, 0.05) is 5.56 Å². The zero-order valence-electron chi connectivity index (χ0n) is 8.74. The molecule has 0 unspecified atom stereocenters. The number of rotatable bonds is 2. The van der Waals surface area contributed by atoms with Gasteiger partial charge in [0.2, 0.25) is 0 Å². The molecule has 1 aromatic carbocycles. The highest BCUT2D eigenvalue weighted by Crippen LogP contribution is 2.17. The van der Waals surface area contributed by atoms with Gasteiger partial charge in [-0.2, -0.15) is 0 Å². The number of aryl methyl sites for hydroxylation is 2. The van der Waals surface area contributed by atoms with E-state index in [-0.39, 0.29) is 0 Å². The second-order valence-electron chi connectivity index (χ2n) is 3.57. The summed E-state index contributed by atoms with van der Waals surface area (Å²) in [6.07, 6.45) is 0.792. The second kappa shape index (κ2) is 3.69. The van der Waals surface area contributed by atoms with Crippen molar-refractivity contribution in [1.82, 2.24) is 9.97 Å². The first-order valence-corrected chi connectivity index (χ1v) is 4.79. The Morgan fingerprint density at radius 2 is 1.87 bits per heavy atom. The van der Waals surface area contributed by atoms with Crippen molar-refractivity contribution in [1.29, 1.82) is 0 Å². The van der Waals surface area contributed by atoms with Crippen LogP contribution in [0.2, 0.25) is 0 Å². The summed E-state index contributed by atoms with van der Waals surface area (Å²) in [6, 6.07) is 8.02. The lowest BCUT2D eigenvalue weighted by Crippen LogP contribution is -1.82. The van der Waals surface area contributed by atoms with Gasteiger partial charge < -0.3 is 4.98 Å². The van der Waals surface area contributed by atoms with Gasteiger partial charge >= 0.3 is 0 Å². The molecule has 0 saturated heterocycles. The Hall–Kier alpha value is -1.90. The number of carbonyl (C=O) groups excluding carboxylic acids is 1. The Labute approximate surface area is 88.2 Å². The van der Waals surface area contributed by atoms with E-state index in [1.54, 1.807) is 0 Å². The van der Waals surface area contributed by atoms with Crippen LogP contribution in [0, 0.1) is 13.8 Å². The molecule has 0 aliphatic heterocycles. The van der Waals surface area contributed by atoms with Crippen molar-refractivity contribution in [2.75, 3.05) is 0 Å². The number of aromatic nitrogens is 2. The molecular formula is C12H12N2O. The first kappa shape index (κ1) is 9.65. The number of aldehydes is 1. The lowest BCUT2D eigenvalue weighted by atomic mass is 10.1. The predicted molar refractivity (Wildman–Crippen MR) is 58.9 cm³/mol. The molecule has 0 aliphatic rings. The van der Waals surface area contributed by atoms with E-state index in [2.05, 4.69) is 9.97 Å². The average Bonchev–Trinajstić information content (AvgIpc) is 2.61. The van der Waals surface area contributed by atoms with Crippen molar-refractivity contribution in [3.8, 4) is 11.4 Å². The average molecular weight is 200 g/mol. The van der Waals surface area contributed by atoms with Crippen molar-refractivity contribution in [2.45, 2.75) is 13.8 Å². The Morgan fingerprint density at radius 1 is 1.20 bits per heavy atom. The summed E-state index contributed by atoms with van der Waals surface area (Å²) in [7, 11) is 0. The monoisotopic (exact) mass is 200 g/mol. The summed E-state index contributed by atoms with van der Waals surface area (Å²) >= 11 is 0. The highest BCUT2D eigenvalue weighted by atomic mass is 16.1. The number of aromatic amines is 1. The van der Waals surface area contributed by atoms with Crippen LogP contribution in [0.5, 0.6) is 0 Å². The fraction of sp³-hybridized carbons (Fsp3) is 0.167. The third kappa shape index (κ3) is 1.81. The maximum Gasteiger partial charge on any atom is 0.168 e. The molecule has 0 fully saturated rings. The van der Waals surface area contributed by atoms with Crippen LogP contribution in [0.15, 0.2) is 24.3 Å². The molecule has 0 radical (unpaired) electrons. The number of benzene rings is 1. The van der Waals surface area contributed by atoms with E-state index in [0.29, 0.717) is 5.69 Å². The SMILES string of the molecule is Cc1ccc(-c2nc(C)c(C=O)[nH]2)cc1. The fourth-order valence-corrected chi connectivity index (χ4v) is 1.44. The van der Waals surface area contributed by atoms with Gasteiger partial charge in [-0.1, -0.05) is 29.8 Å². The number of nitrogens with one attached hydrogen (secondary N) is 1. The molecule has 0 aliphatic carbocycles. The smallest absolute Gasteiger partial charge is 0.168 e. The van der Waals surface area contributed by atoms with Crippen molar-refractivity contribution < 1.29 is 4.79 Å². The topological polar surface area (TPSA) is 45.8 Å². The van der Waals surface area contributed by atoms with Gasteiger partial charge in [-0.15, -0.1) is 0 Å². The first-order chi connectivity index (χ1) is 7.20. The van der Waals surface area contributed by atoms with Crippen LogP contribution in [0.4, 0.5) is 0 Å². The highest BCUT2D eigenvalue weighted by molar-refractivity contribution is 5.75. The molecular weight excluding hydrogens is 188 g/mol. The van der Waals surface area contributed by atoms with Gasteiger partial charge in [0.15, 0.2) is 6.29 Å².